The number of aromatic nitrogens is 3. The number of alkyl carbamates (subject to hydrolysis) is 1. The number of rotatable bonds is 10. The molecule has 3 aliphatic rings. The Balaban J connectivity index is 1.06. The van der Waals surface area contributed by atoms with Crippen LogP contribution in [0.1, 0.15) is 75.1 Å². The number of carbonyl (C=O) groups excluding carboxylic acids is 4. The van der Waals surface area contributed by atoms with Crippen LogP contribution in [-0.2, 0) is 9.53 Å². The number of imidazole rings is 1. The first-order valence-electron chi connectivity index (χ1n) is 20.9. The maximum atomic E-state index is 14.2. The van der Waals surface area contributed by atoms with Gasteiger partial charge in [-0.2, -0.15) is 0 Å². The minimum absolute atomic E-state index is 0.00647. The first-order valence-corrected chi connectivity index (χ1v) is 20.9. The molecule has 2 aromatic heterocycles. The van der Waals surface area contributed by atoms with Crippen molar-refractivity contribution in [2.45, 2.75) is 83.4 Å². The third-order valence-corrected chi connectivity index (χ3v) is 12.1. The molecule has 18 heteroatoms. The average Bonchev–Trinajstić information content (AvgIpc) is 3.90. The molecule has 5 atom stereocenters. The van der Waals surface area contributed by atoms with Gasteiger partial charge in [-0.25, -0.2) is 19.6 Å². The van der Waals surface area contributed by atoms with Crippen molar-refractivity contribution in [3.63, 3.8) is 0 Å². The number of halogens is 3. The van der Waals surface area contributed by atoms with E-state index < -0.39 is 30.2 Å². The fourth-order valence-corrected chi connectivity index (χ4v) is 8.95. The van der Waals surface area contributed by atoms with Gasteiger partial charge in [0.15, 0.2) is 0 Å². The Morgan fingerprint density at radius 2 is 1.68 bits per heavy atom. The SMILES string of the molecule is CNC(=O)N1CCN(c2ccc(NC(=O)c3ccc(-c4ccc(-c5cnc(C6CC7CCCCC7N6C(=O)C(NC(=O)OC)C(C)C)[nH]5)cc4)c(OC(F)(F)F)c3)cn2)C(C)C1. The number of benzene rings is 2. The Kier molecular flexibility index (Phi) is 12.9. The number of nitrogens with one attached hydrogen (secondary N) is 4. The second-order valence-electron chi connectivity index (χ2n) is 16.4. The van der Waals surface area contributed by atoms with Gasteiger partial charge in [0.1, 0.15) is 23.4 Å². The molecule has 1 aliphatic carbocycles. The largest absolute Gasteiger partial charge is 0.573 e. The number of pyridine rings is 1. The molecule has 4 heterocycles. The number of H-pyrrole nitrogens is 1. The third-order valence-electron chi connectivity index (χ3n) is 12.1. The topological polar surface area (TPSA) is 174 Å². The zero-order valence-corrected chi connectivity index (χ0v) is 35.3. The molecule has 3 fully saturated rings. The first-order chi connectivity index (χ1) is 29.6. The minimum Gasteiger partial charge on any atom is -0.453 e. The van der Waals surface area contributed by atoms with E-state index in [0.717, 1.165) is 38.2 Å². The first kappa shape index (κ1) is 43.7. The van der Waals surface area contributed by atoms with E-state index in [1.165, 1.54) is 25.4 Å². The second-order valence-corrected chi connectivity index (χ2v) is 16.4. The van der Waals surface area contributed by atoms with Crippen LogP contribution in [0.2, 0.25) is 0 Å². The molecule has 0 bridgehead atoms. The molecule has 0 spiro atoms. The zero-order chi connectivity index (χ0) is 44.3. The molecule has 7 rings (SSSR count). The quantitative estimate of drug-likeness (QED) is 0.127. The van der Waals surface area contributed by atoms with Gasteiger partial charge in [-0.15, -0.1) is 13.2 Å². The van der Waals surface area contributed by atoms with Gasteiger partial charge < -0.3 is 45.1 Å². The van der Waals surface area contributed by atoms with Crippen LogP contribution in [0.4, 0.5) is 34.3 Å². The van der Waals surface area contributed by atoms with E-state index in [1.807, 2.05) is 25.7 Å². The van der Waals surface area contributed by atoms with Crippen molar-refractivity contribution in [1.82, 2.24) is 35.4 Å². The van der Waals surface area contributed by atoms with E-state index in [9.17, 15) is 32.3 Å². The Labute approximate surface area is 357 Å². The highest BCUT2D eigenvalue weighted by atomic mass is 19.4. The fraction of sp³-hybridized carbons (Fsp3) is 0.455. The van der Waals surface area contributed by atoms with Crippen LogP contribution in [-0.4, -0.2) is 107 Å². The van der Waals surface area contributed by atoms with Crippen molar-refractivity contribution in [2.24, 2.45) is 11.8 Å². The van der Waals surface area contributed by atoms with Gasteiger partial charge in [-0.3, -0.25) is 9.59 Å². The minimum atomic E-state index is -5.03. The van der Waals surface area contributed by atoms with Gasteiger partial charge in [0.05, 0.1) is 36.9 Å². The molecule has 15 nitrogen and oxygen atoms in total. The van der Waals surface area contributed by atoms with Gasteiger partial charge >= 0.3 is 18.5 Å². The van der Waals surface area contributed by atoms with Crippen molar-refractivity contribution in [2.75, 3.05) is 44.0 Å². The molecule has 5 amide bonds. The monoisotopic (exact) mass is 859 g/mol. The predicted molar refractivity (Wildman–Crippen MR) is 225 cm³/mol. The van der Waals surface area contributed by atoms with Crippen LogP contribution in [0.3, 0.4) is 0 Å². The number of methoxy groups -OCH3 is 1. The van der Waals surface area contributed by atoms with Gasteiger partial charge in [0, 0.05) is 49.9 Å². The molecular weight excluding hydrogens is 808 g/mol. The summed E-state index contributed by atoms with van der Waals surface area (Å²) < 4.78 is 50.5. The Bertz CT molecular complexity index is 2250. The molecule has 62 heavy (non-hydrogen) atoms. The summed E-state index contributed by atoms with van der Waals surface area (Å²) in [7, 11) is 2.85. The highest BCUT2D eigenvalue weighted by Gasteiger charge is 2.48. The van der Waals surface area contributed by atoms with Crippen molar-refractivity contribution in [3.8, 4) is 28.1 Å². The predicted octanol–water partition coefficient (Wildman–Crippen LogP) is 7.35. The lowest BCUT2D eigenvalue weighted by molar-refractivity contribution is -0.274. The summed E-state index contributed by atoms with van der Waals surface area (Å²) in [6, 6.07) is 12.8. The molecule has 5 unspecified atom stereocenters. The number of nitrogens with zero attached hydrogens (tertiary/aromatic N) is 5. The Morgan fingerprint density at radius 3 is 2.34 bits per heavy atom. The fourth-order valence-electron chi connectivity index (χ4n) is 8.95. The number of hydrogen-bond acceptors (Lipinski definition) is 9. The van der Waals surface area contributed by atoms with E-state index >= 15 is 0 Å². The highest BCUT2D eigenvalue weighted by molar-refractivity contribution is 6.05. The number of likely N-dealkylation sites (tertiary alicyclic amines) is 1. The summed E-state index contributed by atoms with van der Waals surface area (Å²) in [4.78, 5) is 70.0. The number of hydrogen-bond donors (Lipinski definition) is 4. The summed E-state index contributed by atoms with van der Waals surface area (Å²) >= 11 is 0. The van der Waals surface area contributed by atoms with Gasteiger partial charge in [0.2, 0.25) is 5.91 Å². The number of ether oxygens (including phenoxy) is 2. The Morgan fingerprint density at radius 1 is 0.935 bits per heavy atom. The lowest BCUT2D eigenvalue weighted by Crippen LogP contribution is -2.55. The van der Waals surface area contributed by atoms with Crippen LogP contribution in [0, 0.1) is 11.8 Å². The van der Waals surface area contributed by atoms with E-state index in [2.05, 4.69) is 35.6 Å². The highest BCUT2D eigenvalue weighted by Crippen LogP contribution is 2.46. The Hall–Kier alpha value is -6.33. The molecule has 2 aromatic carbocycles. The number of amides is 5. The summed E-state index contributed by atoms with van der Waals surface area (Å²) in [6.07, 6.45) is 2.12. The maximum Gasteiger partial charge on any atom is 0.573 e. The van der Waals surface area contributed by atoms with Gasteiger partial charge in [0.25, 0.3) is 5.91 Å². The zero-order valence-electron chi connectivity index (χ0n) is 35.3. The molecule has 4 N–H and O–H groups in total. The lowest BCUT2D eigenvalue weighted by atomic mass is 9.84. The number of aromatic amines is 1. The van der Waals surface area contributed by atoms with E-state index in [-0.39, 0.29) is 47.1 Å². The summed E-state index contributed by atoms with van der Waals surface area (Å²) in [5, 5.41) is 8.06. The van der Waals surface area contributed by atoms with Gasteiger partial charge in [-0.05, 0) is 79.5 Å². The molecule has 2 aliphatic heterocycles. The number of anilines is 2. The summed E-state index contributed by atoms with van der Waals surface area (Å²) in [5.41, 5.74) is 2.19. The van der Waals surface area contributed by atoms with Crippen LogP contribution in [0.5, 0.6) is 5.75 Å². The summed E-state index contributed by atoms with van der Waals surface area (Å²) in [5.74, 6) is -0.00167. The van der Waals surface area contributed by atoms with Crippen LogP contribution < -0.4 is 25.6 Å². The second kappa shape index (κ2) is 18.3. The molecular formula is C44H52F3N9O6. The van der Waals surface area contributed by atoms with Crippen LogP contribution >= 0.6 is 0 Å². The van der Waals surface area contributed by atoms with Crippen molar-refractivity contribution < 1.29 is 41.8 Å². The standard InChI is InChI=1S/C44H52F3N9O6/c1-25(2)38(53-43(60)61-5)41(58)56-34-9-7-6-8-29(34)20-35(56)39-50-23-33(52-39)28-12-10-27(11-13-28)32-16-14-30(21-36(32)62-44(45,46)47)40(57)51-31-15-17-37(49-22-31)55-19-18-54(24-26(55)3)42(59)48-4/h10-17,21-23,25-26,29,34-35,38H,6-9,18-20,24H2,1-5H3,(H,48,59)(H,50,52)(H,51,57)(H,53,60). The molecule has 0 radical (unpaired) electrons. The molecule has 2 saturated heterocycles. The van der Waals surface area contributed by atoms with E-state index in [1.54, 1.807) is 54.5 Å². The number of urea groups is 1. The lowest BCUT2D eigenvalue weighted by Gasteiger charge is -2.40. The van der Waals surface area contributed by atoms with Crippen LogP contribution in [0.25, 0.3) is 22.4 Å². The molecule has 330 valence electrons. The normalized spacial score (nSPS) is 20.6. The van der Waals surface area contributed by atoms with Crippen LogP contribution in [0.15, 0.2) is 67.0 Å². The molecule has 1 saturated carbocycles. The van der Waals surface area contributed by atoms with E-state index in [4.69, 9.17) is 9.72 Å². The van der Waals surface area contributed by atoms with Crippen molar-refractivity contribution in [1.29, 1.82) is 0 Å². The number of alkyl halides is 3. The van der Waals surface area contributed by atoms with Gasteiger partial charge in [-0.1, -0.05) is 51.0 Å². The number of carbonyl (C=O) groups is 4. The van der Waals surface area contributed by atoms with Crippen molar-refractivity contribution >= 4 is 35.4 Å². The average molecular weight is 860 g/mol. The smallest absolute Gasteiger partial charge is 0.453 e. The van der Waals surface area contributed by atoms with E-state index in [0.29, 0.717) is 59.7 Å². The molecule has 4 aromatic rings. The van der Waals surface area contributed by atoms with Crippen molar-refractivity contribution in [3.05, 3.63) is 78.4 Å². The number of piperazine rings is 1. The maximum absolute atomic E-state index is 14.2. The summed E-state index contributed by atoms with van der Waals surface area (Å²) in [6.45, 7) is 7.33. The third kappa shape index (κ3) is 9.58. The number of fused-ring (bicyclic) bond motifs is 1.